The molecule has 2 fully saturated rings. The molecule has 3 nitrogen and oxygen atoms in total. The topological polar surface area (TPSA) is 28.2 Å². The van der Waals surface area contributed by atoms with Crippen LogP contribution in [0.4, 0.5) is 5.69 Å². The Bertz CT molecular complexity index is 398. The van der Waals surface area contributed by atoms with Gasteiger partial charge in [-0.2, -0.15) is 0 Å². The molecule has 3 heterocycles. The van der Waals surface area contributed by atoms with Crippen molar-refractivity contribution in [2.24, 2.45) is 5.92 Å². The fourth-order valence-electron chi connectivity index (χ4n) is 2.64. The second-order valence-corrected chi connectivity index (χ2v) is 5.25. The van der Waals surface area contributed by atoms with Crippen LogP contribution in [0.5, 0.6) is 0 Å². The van der Waals surface area contributed by atoms with Crippen molar-refractivity contribution in [3.63, 3.8) is 0 Å². The van der Waals surface area contributed by atoms with E-state index in [2.05, 4.69) is 15.2 Å². The molecule has 2 aliphatic rings. The van der Waals surface area contributed by atoms with Crippen LogP contribution < -0.4 is 10.2 Å². The number of nitrogens with one attached hydrogen (secondary N) is 1. The van der Waals surface area contributed by atoms with E-state index in [9.17, 15) is 0 Å². The van der Waals surface area contributed by atoms with Crippen molar-refractivity contribution < 1.29 is 0 Å². The Hall–Kier alpha value is -0.510. The van der Waals surface area contributed by atoms with Gasteiger partial charge in [-0.15, -0.1) is 0 Å². The number of halogens is 2. The molecule has 1 N–H and O–H groups in total. The highest BCUT2D eigenvalue weighted by Gasteiger charge is 2.36. The molecule has 5 heteroatoms. The SMILES string of the molecule is Clc1cc(N2C[C@@H]3CCN[C@@H]3C2)cnc1Cl. The summed E-state index contributed by atoms with van der Waals surface area (Å²) in [6.45, 7) is 3.30. The third-order valence-electron chi connectivity index (χ3n) is 3.51. The maximum Gasteiger partial charge on any atom is 0.147 e. The predicted molar refractivity (Wildman–Crippen MR) is 66.4 cm³/mol. The van der Waals surface area contributed by atoms with Crippen LogP contribution in [0.3, 0.4) is 0 Å². The number of aromatic nitrogens is 1. The van der Waals surface area contributed by atoms with Crippen LogP contribution in [-0.4, -0.2) is 30.7 Å². The summed E-state index contributed by atoms with van der Waals surface area (Å²) in [4.78, 5) is 6.42. The molecule has 0 unspecified atom stereocenters. The van der Waals surface area contributed by atoms with E-state index in [4.69, 9.17) is 23.2 Å². The number of pyridine rings is 1. The van der Waals surface area contributed by atoms with Gasteiger partial charge in [0.25, 0.3) is 0 Å². The standard InChI is InChI=1S/C11H13Cl2N3/c12-9-3-8(4-15-11(9)13)16-5-7-1-2-14-10(7)6-16/h3-4,7,10,14H,1-2,5-6H2/t7-,10+/m0/s1. The first-order valence-electron chi connectivity index (χ1n) is 5.53. The van der Waals surface area contributed by atoms with Gasteiger partial charge in [0.1, 0.15) is 5.15 Å². The number of hydrogen-bond acceptors (Lipinski definition) is 3. The third kappa shape index (κ3) is 1.77. The summed E-state index contributed by atoms with van der Waals surface area (Å²) in [7, 11) is 0. The first kappa shape index (κ1) is 10.6. The molecule has 0 saturated carbocycles. The van der Waals surface area contributed by atoms with Gasteiger partial charge in [-0.3, -0.25) is 0 Å². The maximum absolute atomic E-state index is 5.98. The lowest BCUT2D eigenvalue weighted by Gasteiger charge is -2.19. The Labute approximate surface area is 105 Å². The summed E-state index contributed by atoms with van der Waals surface area (Å²) in [5.41, 5.74) is 1.07. The van der Waals surface area contributed by atoms with E-state index >= 15 is 0 Å². The fourth-order valence-corrected chi connectivity index (χ4v) is 2.91. The maximum atomic E-state index is 5.98. The molecule has 2 atom stereocenters. The quantitative estimate of drug-likeness (QED) is 0.782. The molecular formula is C11H13Cl2N3. The lowest BCUT2D eigenvalue weighted by Crippen LogP contribution is -2.30. The van der Waals surface area contributed by atoms with Gasteiger partial charge in [0.05, 0.1) is 16.9 Å². The van der Waals surface area contributed by atoms with Gasteiger partial charge in [-0.05, 0) is 24.9 Å². The largest absolute Gasteiger partial charge is 0.368 e. The summed E-state index contributed by atoms with van der Waals surface area (Å²) < 4.78 is 0. The summed E-state index contributed by atoms with van der Waals surface area (Å²) >= 11 is 11.8. The second kappa shape index (κ2) is 4.06. The molecule has 2 saturated heterocycles. The minimum atomic E-state index is 0.378. The second-order valence-electron chi connectivity index (χ2n) is 4.48. The first-order chi connectivity index (χ1) is 7.74. The van der Waals surface area contributed by atoms with Crippen molar-refractivity contribution in [1.82, 2.24) is 10.3 Å². The van der Waals surface area contributed by atoms with E-state index in [-0.39, 0.29) is 0 Å². The highest BCUT2D eigenvalue weighted by molar-refractivity contribution is 6.41. The Morgan fingerprint density at radius 2 is 2.25 bits per heavy atom. The van der Waals surface area contributed by atoms with Gasteiger partial charge in [0, 0.05) is 19.1 Å². The van der Waals surface area contributed by atoms with Crippen molar-refractivity contribution in [3.8, 4) is 0 Å². The van der Waals surface area contributed by atoms with Gasteiger partial charge in [-0.1, -0.05) is 23.2 Å². The number of fused-ring (bicyclic) bond motifs is 1. The molecule has 16 heavy (non-hydrogen) atoms. The number of anilines is 1. The Morgan fingerprint density at radius 3 is 3.00 bits per heavy atom. The smallest absolute Gasteiger partial charge is 0.147 e. The highest BCUT2D eigenvalue weighted by atomic mass is 35.5. The van der Waals surface area contributed by atoms with E-state index in [0.29, 0.717) is 16.2 Å². The zero-order valence-corrected chi connectivity index (χ0v) is 10.3. The van der Waals surface area contributed by atoms with E-state index in [0.717, 1.165) is 31.2 Å². The normalized spacial score (nSPS) is 28.5. The van der Waals surface area contributed by atoms with E-state index in [1.165, 1.54) is 6.42 Å². The highest BCUT2D eigenvalue weighted by Crippen LogP contribution is 2.31. The van der Waals surface area contributed by atoms with Crippen molar-refractivity contribution in [2.45, 2.75) is 12.5 Å². The van der Waals surface area contributed by atoms with Crippen LogP contribution >= 0.6 is 23.2 Å². The molecular weight excluding hydrogens is 245 g/mol. The average molecular weight is 258 g/mol. The molecule has 1 aromatic heterocycles. The number of nitrogens with zero attached hydrogens (tertiary/aromatic N) is 2. The van der Waals surface area contributed by atoms with Crippen LogP contribution in [0.15, 0.2) is 12.3 Å². The molecule has 2 aliphatic heterocycles. The van der Waals surface area contributed by atoms with Crippen molar-refractivity contribution in [3.05, 3.63) is 22.4 Å². The monoisotopic (exact) mass is 257 g/mol. The molecule has 86 valence electrons. The fraction of sp³-hybridized carbons (Fsp3) is 0.545. The van der Waals surface area contributed by atoms with Crippen LogP contribution in [0, 0.1) is 5.92 Å². The first-order valence-corrected chi connectivity index (χ1v) is 6.29. The van der Waals surface area contributed by atoms with Crippen molar-refractivity contribution in [1.29, 1.82) is 0 Å². The van der Waals surface area contributed by atoms with Gasteiger partial charge in [0.15, 0.2) is 0 Å². The molecule has 3 rings (SSSR count). The Morgan fingerprint density at radius 1 is 1.38 bits per heavy atom. The summed E-state index contributed by atoms with van der Waals surface area (Å²) in [5, 5.41) is 4.43. The van der Waals surface area contributed by atoms with Crippen LogP contribution in [0.25, 0.3) is 0 Å². The zero-order chi connectivity index (χ0) is 11.1. The predicted octanol–water partition coefficient (Wildman–Crippen LogP) is 2.19. The molecule has 0 spiro atoms. The van der Waals surface area contributed by atoms with E-state index in [1.54, 1.807) is 6.20 Å². The molecule has 1 aromatic rings. The van der Waals surface area contributed by atoms with Crippen molar-refractivity contribution in [2.75, 3.05) is 24.5 Å². The van der Waals surface area contributed by atoms with Crippen LogP contribution in [0.1, 0.15) is 6.42 Å². The van der Waals surface area contributed by atoms with Gasteiger partial charge in [0.2, 0.25) is 0 Å². The molecule has 0 aliphatic carbocycles. The van der Waals surface area contributed by atoms with Crippen molar-refractivity contribution >= 4 is 28.9 Å². The minimum absolute atomic E-state index is 0.378. The van der Waals surface area contributed by atoms with E-state index in [1.807, 2.05) is 6.07 Å². The van der Waals surface area contributed by atoms with Crippen LogP contribution in [0.2, 0.25) is 10.2 Å². The summed E-state index contributed by atoms with van der Waals surface area (Å²) in [6, 6.07) is 2.53. The zero-order valence-electron chi connectivity index (χ0n) is 8.79. The Kier molecular flexibility index (Phi) is 2.70. The molecule has 0 bridgehead atoms. The molecule has 0 amide bonds. The van der Waals surface area contributed by atoms with Crippen LogP contribution in [-0.2, 0) is 0 Å². The van der Waals surface area contributed by atoms with Gasteiger partial charge < -0.3 is 10.2 Å². The lowest BCUT2D eigenvalue weighted by molar-refractivity contribution is 0.556. The summed E-state index contributed by atoms with van der Waals surface area (Å²) in [6.07, 6.45) is 3.07. The molecule has 0 aromatic carbocycles. The molecule has 0 radical (unpaired) electrons. The number of hydrogen-bond donors (Lipinski definition) is 1. The van der Waals surface area contributed by atoms with Gasteiger partial charge in [-0.25, -0.2) is 4.98 Å². The number of rotatable bonds is 1. The Balaban J connectivity index is 1.81. The third-order valence-corrected chi connectivity index (χ3v) is 4.20. The lowest BCUT2D eigenvalue weighted by atomic mass is 10.1. The van der Waals surface area contributed by atoms with Gasteiger partial charge >= 0.3 is 0 Å². The average Bonchev–Trinajstić information content (AvgIpc) is 2.81. The summed E-state index contributed by atoms with van der Waals surface area (Å²) in [5.74, 6) is 0.773. The minimum Gasteiger partial charge on any atom is -0.368 e. The van der Waals surface area contributed by atoms with E-state index < -0.39 is 0 Å².